The van der Waals surface area contributed by atoms with E-state index in [1.165, 1.54) is 11.5 Å². The largest absolute Gasteiger partial charge is 0.253 e. The lowest BCUT2D eigenvalue weighted by molar-refractivity contribution is 0.623. The lowest BCUT2D eigenvalue weighted by atomic mass is 10.9. The Labute approximate surface area is 118 Å². The van der Waals surface area contributed by atoms with Crippen LogP contribution in [-0.4, -0.2) is 54.4 Å². The van der Waals surface area contributed by atoms with E-state index >= 15 is 0 Å². The molecule has 0 aromatic heterocycles. The van der Waals surface area contributed by atoms with E-state index in [0.717, 1.165) is 56.1 Å². The zero-order valence-electron chi connectivity index (χ0n) is 8.92. The highest BCUT2D eigenvalue weighted by atomic mass is 33.5. The van der Waals surface area contributed by atoms with Gasteiger partial charge in [-0.25, -0.2) is 8.42 Å². The van der Waals surface area contributed by atoms with E-state index in [1.54, 1.807) is 0 Å². The van der Waals surface area contributed by atoms with Gasteiger partial charge in [-0.2, -0.15) is 35.3 Å². The van der Waals surface area contributed by atoms with Crippen molar-refractivity contribution in [2.24, 2.45) is 0 Å². The lowest BCUT2D eigenvalue weighted by Gasteiger charge is -2.06. The van der Waals surface area contributed by atoms with Crippen LogP contribution < -0.4 is 0 Å². The minimum atomic E-state index is -2.93. The first-order valence-corrected chi connectivity index (χ1v) is 12.9. The molecule has 1 saturated heterocycles. The zero-order chi connectivity index (χ0) is 11.7. The summed E-state index contributed by atoms with van der Waals surface area (Å²) in [6, 6.07) is 0. The van der Waals surface area contributed by atoms with Crippen molar-refractivity contribution in [3.8, 4) is 0 Å². The Kier molecular flexibility index (Phi) is 9.46. The van der Waals surface area contributed by atoms with Crippen LogP contribution in [0.2, 0.25) is 0 Å². The summed E-state index contributed by atoms with van der Waals surface area (Å²) in [7, 11) is -0.723. The van der Waals surface area contributed by atoms with Gasteiger partial charge in [0.15, 0.2) is 0 Å². The molecule has 0 radical (unpaired) electrons. The van der Waals surface area contributed by atoms with Crippen molar-refractivity contribution in [2.45, 2.75) is 0 Å². The van der Waals surface area contributed by atoms with Crippen molar-refractivity contribution in [3.05, 3.63) is 0 Å². The van der Waals surface area contributed by atoms with E-state index in [1.807, 2.05) is 35.3 Å². The van der Waals surface area contributed by atoms with Crippen LogP contribution in [0.4, 0.5) is 0 Å². The summed E-state index contributed by atoms with van der Waals surface area (Å²) < 4.78 is 23.1. The second-order valence-electron chi connectivity index (χ2n) is 2.89. The van der Waals surface area contributed by atoms with E-state index in [-0.39, 0.29) is 0 Å². The molecule has 0 aromatic rings. The molecule has 0 unspecified atom stereocenters. The standard InChI is InChI=1S/C8H16O2S6/c9-16(10)14-7-5-12-3-1-11-2-4-13-6-8-15-16/h1-8H2. The lowest BCUT2D eigenvalue weighted by Crippen LogP contribution is -1.99. The van der Waals surface area contributed by atoms with Gasteiger partial charge in [0.2, 0.25) is 0 Å². The van der Waals surface area contributed by atoms with Crippen LogP contribution in [0.3, 0.4) is 0 Å². The first kappa shape index (κ1) is 15.8. The first-order chi connectivity index (χ1) is 7.71. The number of rotatable bonds is 0. The Hall–Kier alpha value is 1.70. The smallest absolute Gasteiger partial charge is 0.206 e. The van der Waals surface area contributed by atoms with Gasteiger partial charge >= 0.3 is 0 Å². The third-order valence-corrected chi connectivity index (χ3v) is 11.4. The van der Waals surface area contributed by atoms with Gasteiger partial charge in [0.1, 0.15) is 0 Å². The van der Waals surface area contributed by atoms with Crippen molar-refractivity contribution >= 4 is 64.8 Å². The molecule has 0 aromatic carbocycles. The molecule has 0 bridgehead atoms. The van der Waals surface area contributed by atoms with Gasteiger partial charge in [0.25, 0.3) is 7.90 Å². The van der Waals surface area contributed by atoms with Gasteiger partial charge in [-0.3, -0.25) is 0 Å². The molecular weight excluding hydrogens is 320 g/mol. The second kappa shape index (κ2) is 9.61. The molecule has 0 saturated carbocycles. The molecule has 0 amide bonds. The molecule has 2 nitrogen and oxygen atoms in total. The molecule has 1 aliphatic heterocycles. The summed E-state index contributed by atoms with van der Waals surface area (Å²) in [5, 5.41) is 0. The molecule has 1 fully saturated rings. The Morgan fingerprint density at radius 2 is 0.875 bits per heavy atom. The molecule has 16 heavy (non-hydrogen) atoms. The first-order valence-electron chi connectivity index (χ1n) is 4.98. The average Bonchev–Trinajstić information content (AvgIpc) is 2.24. The maximum absolute atomic E-state index is 11.5. The van der Waals surface area contributed by atoms with Crippen LogP contribution in [0.5, 0.6) is 0 Å². The van der Waals surface area contributed by atoms with Crippen molar-refractivity contribution < 1.29 is 8.42 Å². The van der Waals surface area contributed by atoms with Crippen molar-refractivity contribution in [1.82, 2.24) is 0 Å². The van der Waals surface area contributed by atoms with Gasteiger partial charge in [-0.1, -0.05) is 0 Å². The molecule has 1 rings (SSSR count). The van der Waals surface area contributed by atoms with Crippen LogP contribution >= 0.6 is 56.9 Å². The Morgan fingerprint density at radius 3 is 1.25 bits per heavy atom. The number of hydrogen-bond acceptors (Lipinski definition) is 7. The summed E-state index contributed by atoms with van der Waals surface area (Å²) in [6.45, 7) is 0. The van der Waals surface area contributed by atoms with E-state index < -0.39 is 7.90 Å². The summed E-state index contributed by atoms with van der Waals surface area (Å²) in [6.07, 6.45) is 0. The highest BCUT2D eigenvalue weighted by Crippen LogP contribution is 2.27. The minimum absolute atomic E-state index is 0.720. The number of hydrogen-bond donors (Lipinski definition) is 0. The van der Waals surface area contributed by atoms with Gasteiger partial charge in [-0.15, -0.1) is 0 Å². The predicted molar refractivity (Wildman–Crippen MR) is 85.8 cm³/mol. The van der Waals surface area contributed by atoms with E-state index in [9.17, 15) is 8.42 Å². The van der Waals surface area contributed by atoms with E-state index in [2.05, 4.69) is 0 Å². The molecule has 0 N–H and O–H groups in total. The summed E-state index contributed by atoms with van der Waals surface area (Å²) in [5.74, 6) is 8.00. The molecule has 0 atom stereocenters. The predicted octanol–water partition coefficient (Wildman–Crippen LogP) is 2.91. The maximum Gasteiger partial charge on any atom is 0.253 e. The van der Waals surface area contributed by atoms with Gasteiger partial charge in [0, 0.05) is 46.0 Å². The quantitative estimate of drug-likeness (QED) is 0.629. The van der Waals surface area contributed by atoms with Crippen LogP contribution in [0, 0.1) is 0 Å². The highest BCUT2D eigenvalue weighted by Gasteiger charge is 2.12. The van der Waals surface area contributed by atoms with Crippen LogP contribution in [0.1, 0.15) is 0 Å². The molecule has 0 spiro atoms. The fraction of sp³-hybridized carbons (Fsp3) is 1.00. The van der Waals surface area contributed by atoms with Crippen molar-refractivity contribution in [1.29, 1.82) is 0 Å². The normalized spacial score (nSPS) is 25.8. The van der Waals surface area contributed by atoms with Crippen LogP contribution in [-0.2, 0) is 7.90 Å². The topological polar surface area (TPSA) is 34.1 Å². The van der Waals surface area contributed by atoms with Crippen LogP contribution in [0.15, 0.2) is 0 Å². The van der Waals surface area contributed by atoms with Crippen LogP contribution in [0.25, 0.3) is 0 Å². The molecule has 96 valence electrons. The molecule has 8 heteroatoms. The summed E-state index contributed by atoms with van der Waals surface area (Å²) in [5.41, 5.74) is 0. The van der Waals surface area contributed by atoms with Gasteiger partial charge in [-0.05, 0) is 21.6 Å². The maximum atomic E-state index is 11.5. The third-order valence-electron chi connectivity index (χ3n) is 1.65. The summed E-state index contributed by atoms with van der Waals surface area (Å²) in [4.78, 5) is 0. The molecule has 1 aliphatic rings. The Morgan fingerprint density at radius 1 is 0.562 bits per heavy atom. The number of thioether (sulfide) groups is 3. The molecule has 1 heterocycles. The average molecular weight is 337 g/mol. The highest BCUT2D eigenvalue weighted by molar-refractivity contribution is 9.04. The fourth-order valence-electron chi connectivity index (χ4n) is 0.966. The third kappa shape index (κ3) is 8.74. The monoisotopic (exact) mass is 336 g/mol. The SMILES string of the molecule is O=S1(=O)SCCSCCSCCSCCS1. The molecule has 0 aliphatic carbocycles. The zero-order valence-corrected chi connectivity index (χ0v) is 13.8. The fourth-order valence-corrected chi connectivity index (χ4v) is 9.92. The van der Waals surface area contributed by atoms with Crippen molar-refractivity contribution in [2.75, 3.05) is 46.0 Å². The van der Waals surface area contributed by atoms with Crippen molar-refractivity contribution in [3.63, 3.8) is 0 Å². The van der Waals surface area contributed by atoms with Gasteiger partial charge < -0.3 is 0 Å². The van der Waals surface area contributed by atoms with E-state index in [0.29, 0.717) is 0 Å². The molecular formula is C8H16O2S6. The van der Waals surface area contributed by atoms with Gasteiger partial charge in [0.05, 0.1) is 0 Å². The Bertz CT molecular complexity index is 246. The summed E-state index contributed by atoms with van der Waals surface area (Å²) >= 11 is 5.72. The second-order valence-corrected chi connectivity index (χ2v) is 13.3. The minimum Gasteiger partial charge on any atom is -0.206 e. The Balaban J connectivity index is 2.27. The van der Waals surface area contributed by atoms with E-state index in [4.69, 9.17) is 0 Å².